The van der Waals surface area contributed by atoms with Gasteiger partial charge in [0.2, 0.25) is 0 Å². The van der Waals surface area contributed by atoms with E-state index in [0.717, 1.165) is 60.3 Å². The average molecular weight is 808 g/mol. The van der Waals surface area contributed by atoms with Crippen LogP contribution in [0.15, 0.2) is 211 Å². The molecule has 0 amide bonds. The molecular formula is C58H69N3. The molecule has 3 heteroatoms. The summed E-state index contributed by atoms with van der Waals surface area (Å²) in [5.74, 6) is 0. The molecule has 2 heterocycles. The normalized spacial score (nSPS) is 18.5. The largest absolute Gasteiger partial charge is 0.398 e. The number of hydrogen-bond acceptors (Lipinski definition) is 3. The quantitative estimate of drug-likeness (QED) is 0.171. The summed E-state index contributed by atoms with van der Waals surface area (Å²) >= 11 is 0. The van der Waals surface area contributed by atoms with Crippen molar-refractivity contribution in [1.82, 2.24) is 0 Å². The summed E-state index contributed by atoms with van der Waals surface area (Å²) in [4.78, 5) is 4.86. The first-order chi connectivity index (χ1) is 29.9. The van der Waals surface area contributed by atoms with Crippen LogP contribution in [0.1, 0.15) is 92.2 Å². The fourth-order valence-electron chi connectivity index (χ4n) is 7.65. The number of allylic oxidation sites excluding steroid dienone is 15. The highest BCUT2D eigenvalue weighted by atomic mass is 15.2. The van der Waals surface area contributed by atoms with Gasteiger partial charge in [-0.15, -0.1) is 0 Å². The van der Waals surface area contributed by atoms with Crippen LogP contribution in [-0.2, 0) is 0 Å². The fourth-order valence-corrected chi connectivity index (χ4v) is 7.65. The minimum atomic E-state index is 0.183. The van der Waals surface area contributed by atoms with Crippen LogP contribution in [0.2, 0.25) is 0 Å². The number of benzene rings is 4. The van der Waals surface area contributed by atoms with Crippen molar-refractivity contribution in [3.05, 3.63) is 222 Å². The van der Waals surface area contributed by atoms with Crippen molar-refractivity contribution < 1.29 is 0 Å². The van der Waals surface area contributed by atoms with Crippen LogP contribution in [-0.4, -0.2) is 12.6 Å². The van der Waals surface area contributed by atoms with Crippen molar-refractivity contribution in [2.45, 2.75) is 87.1 Å². The van der Waals surface area contributed by atoms with E-state index in [9.17, 15) is 0 Å². The van der Waals surface area contributed by atoms with Gasteiger partial charge < -0.3 is 15.5 Å². The fraction of sp³-hybridized carbons (Fsp3) is 0.241. The van der Waals surface area contributed by atoms with Crippen molar-refractivity contribution in [3.63, 3.8) is 0 Å². The lowest BCUT2D eigenvalue weighted by Crippen LogP contribution is -2.29. The highest BCUT2D eigenvalue weighted by molar-refractivity contribution is 5.96. The molecule has 0 bridgehead atoms. The molecule has 4 aromatic carbocycles. The lowest BCUT2D eigenvalue weighted by molar-refractivity contribution is 0.785. The number of hydrogen-bond donors (Lipinski definition) is 1. The Labute approximate surface area is 369 Å². The zero-order chi connectivity index (χ0) is 44.1. The predicted octanol–water partition coefficient (Wildman–Crippen LogP) is 16.3. The highest BCUT2D eigenvalue weighted by Crippen LogP contribution is 2.49. The first kappa shape index (κ1) is 47.4. The summed E-state index contributed by atoms with van der Waals surface area (Å²) in [5, 5.41) is 2.50. The van der Waals surface area contributed by atoms with E-state index < -0.39 is 0 Å². The molecule has 3 nitrogen and oxygen atoms in total. The second kappa shape index (κ2) is 24.7. The monoisotopic (exact) mass is 808 g/mol. The minimum Gasteiger partial charge on any atom is -0.398 e. The number of nitrogens with two attached hydrogens (primary N) is 1. The minimum absolute atomic E-state index is 0.183. The van der Waals surface area contributed by atoms with Crippen molar-refractivity contribution in [3.8, 4) is 0 Å². The molecule has 2 N–H and O–H groups in total. The first-order valence-corrected chi connectivity index (χ1v) is 22.5. The summed E-state index contributed by atoms with van der Waals surface area (Å²) in [6.07, 6.45) is 31.6. The first-order valence-electron chi connectivity index (χ1n) is 22.5. The lowest BCUT2D eigenvalue weighted by atomic mass is 9.85. The van der Waals surface area contributed by atoms with Gasteiger partial charge in [0.1, 0.15) is 0 Å². The van der Waals surface area contributed by atoms with Gasteiger partial charge in [0, 0.05) is 41.1 Å². The van der Waals surface area contributed by atoms with Crippen molar-refractivity contribution in [1.29, 1.82) is 0 Å². The highest BCUT2D eigenvalue weighted by Gasteiger charge is 2.37. The molecular weight excluding hydrogens is 739 g/mol. The molecule has 0 saturated heterocycles. The van der Waals surface area contributed by atoms with E-state index >= 15 is 0 Å². The van der Waals surface area contributed by atoms with Gasteiger partial charge in [-0.2, -0.15) is 0 Å². The van der Waals surface area contributed by atoms with Crippen molar-refractivity contribution in [2.24, 2.45) is 5.73 Å². The van der Waals surface area contributed by atoms with Gasteiger partial charge in [0.05, 0.1) is 6.04 Å². The molecule has 0 spiro atoms. The SMILES string of the molecule is C=C1/C=C\C=C/N(c2cccc(/C(N)=C/C=C\CC(/C=C\CC)=C/C)c2)CC/C(C2=CC=C3c4ccccc4N(c4ccc5ccccc5c4)C3C2)=C\C1=C.CC.CC.CC. The third-order valence-electron chi connectivity index (χ3n) is 10.7. The van der Waals surface area contributed by atoms with Crippen LogP contribution in [0.3, 0.4) is 0 Å². The average Bonchev–Trinajstić information content (AvgIpc) is 3.64. The second-order valence-corrected chi connectivity index (χ2v) is 14.3. The maximum absolute atomic E-state index is 6.64. The number of fused-ring (bicyclic) bond motifs is 4. The van der Waals surface area contributed by atoms with Gasteiger partial charge in [0.15, 0.2) is 0 Å². The molecule has 0 saturated carbocycles. The van der Waals surface area contributed by atoms with Crippen molar-refractivity contribution in [2.75, 3.05) is 16.3 Å². The van der Waals surface area contributed by atoms with Crippen LogP contribution in [0.5, 0.6) is 0 Å². The van der Waals surface area contributed by atoms with E-state index in [1.54, 1.807) is 0 Å². The smallest absolute Gasteiger partial charge is 0.0638 e. The Hall–Kier alpha value is -6.32. The molecule has 2 aliphatic heterocycles. The van der Waals surface area contributed by atoms with E-state index in [1.807, 2.05) is 59.8 Å². The summed E-state index contributed by atoms with van der Waals surface area (Å²) < 4.78 is 0. The lowest BCUT2D eigenvalue weighted by Gasteiger charge is -2.32. The Morgan fingerprint density at radius 2 is 1.52 bits per heavy atom. The van der Waals surface area contributed by atoms with E-state index in [1.165, 1.54) is 50.0 Å². The molecule has 316 valence electrons. The van der Waals surface area contributed by atoms with Crippen LogP contribution < -0.4 is 15.5 Å². The zero-order valence-electron chi connectivity index (χ0n) is 38.2. The topological polar surface area (TPSA) is 32.5 Å². The number of rotatable bonds is 9. The molecule has 61 heavy (non-hydrogen) atoms. The van der Waals surface area contributed by atoms with Crippen LogP contribution in [0.25, 0.3) is 22.0 Å². The maximum Gasteiger partial charge on any atom is 0.0638 e. The Balaban J connectivity index is 0.00000131. The molecule has 1 unspecified atom stereocenters. The van der Waals surface area contributed by atoms with Gasteiger partial charge in [-0.25, -0.2) is 0 Å². The standard InChI is InChI=1S/C52H51N3.3C2H6/c1-5-7-18-40(6-2)19-8-12-25-50(53)45-22-16-23-46(36-45)54-32-15-14-17-38(3)39(4)34-44(31-33-54)43-28-30-49-48-24-11-13-26-51(48)55(52(49)37-43)47-29-27-41-20-9-10-21-42(41)35-47;3*1-2/h6-18,20-30,32,34-36,52H,3-5,19,31,33,37,53H2,1-2H3;3*1-2H3/b12-8-,17-14-,18-7-,32-15-,40-6+,44-34+,50-25-;;;. The van der Waals surface area contributed by atoms with Gasteiger partial charge in [-0.1, -0.05) is 183 Å². The molecule has 0 radical (unpaired) electrons. The van der Waals surface area contributed by atoms with Crippen LogP contribution in [0, 0.1) is 0 Å². The molecule has 4 aromatic rings. The number of anilines is 3. The predicted molar refractivity (Wildman–Crippen MR) is 273 cm³/mol. The Morgan fingerprint density at radius 1 is 0.770 bits per heavy atom. The van der Waals surface area contributed by atoms with E-state index in [4.69, 9.17) is 5.73 Å². The Bertz CT molecular complexity index is 2380. The van der Waals surface area contributed by atoms with Crippen LogP contribution >= 0.6 is 0 Å². The van der Waals surface area contributed by atoms with Gasteiger partial charge in [-0.3, -0.25) is 0 Å². The van der Waals surface area contributed by atoms with E-state index in [-0.39, 0.29) is 6.04 Å². The summed E-state index contributed by atoms with van der Waals surface area (Å²) in [6, 6.07) is 33.0. The molecule has 7 rings (SSSR count). The molecule has 1 atom stereocenters. The third kappa shape index (κ3) is 12.1. The van der Waals surface area contributed by atoms with Gasteiger partial charge in [-0.05, 0) is 125 Å². The van der Waals surface area contributed by atoms with Crippen LogP contribution in [0.4, 0.5) is 17.1 Å². The number of para-hydroxylation sites is 1. The summed E-state index contributed by atoms with van der Waals surface area (Å²) in [7, 11) is 0. The van der Waals surface area contributed by atoms with Crippen molar-refractivity contribution >= 4 is 39.1 Å². The summed E-state index contributed by atoms with van der Waals surface area (Å²) in [5.41, 5.74) is 20.4. The van der Waals surface area contributed by atoms with Gasteiger partial charge >= 0.3 is 0 Å². The van der Waals surface area contributed by atoms with Gasteiger partial charge in [0.25, 0.3) is 0 Å². The maximum atomic E-state index is 6.64. The Kier molecular flexibility index (Phi) is 19.2. The molecule has 0 aromatic heterocycles. The van der Waals surface area contributed by atoms with E-state index in [0.29, 0.717) is 0 Å². The Morgan fingerprint density at radius 3 is 2.30 bits per heavy atom. The molecule has 3 aliphatic rings. The molecule has 1 aliphatic carbocycles. The third-order valence-corrected chi connectivity index (χ3v) is 10.7. The van der Waals surface area contributed by atoms with E-state index in [2.05, 4.69) is 189 Å². The number of nitrogens with zero attached hydrogens (tertiary/aromatic N) is 2. The zero-order valence-corrected chi connectivity index (χ0v) is 38.2. The second-order valence-electron chi connectivity index (χ2n) is 14.3. The summed E-state index contributed by atoms with van der Waals surface area (Å²) in [6.45, 7) is 25.8. The molecule has 0 fully saturated rings.